The summed E-state index contributed by atoms with van der Waals surface area (Å²) in [5, 5.41) is 0. The van der Waals surface area contributed by atoms with E-state index in [2.05, 4.69) is 38.9 Å². The van der Waals surface area contributed by atoms with Gasteiger partial charge < -0.3 is 14.7 Å². The second kappa shape index (κ2) is 10.4. The van der Waals surface area contributed by atoms with Crippen molar-refractivity contribution in [1.29, 1.82) is 0 Å². The van der Waals surface area contributed by atoms with E-state index in [1.807, 2.05) is 37.1 Å². The number of para-hydroxylation sites is 1. The van der Waals surface area contributed by atoms with Gasteiger partial charge in [0.15, 0.2) is 0 Å². The molecular weight excluding hydrogens is 384 g/mol. The highest BCUT2D eigenvalue weighted by Crippen LogP contribution is 2.29. The van der Waals surface area contributed by atoms with E-state index in [1.165, 1.54) is 58.0 Å². The summed E-state index contributed by atoms with van der Waals surface area (Å²) in [7, 11) is 4.27. The molecule has 0 bridgehead atoms. The summed E-state index contributed by atoms with van der Waals surface area (Å²) in [5.74, 6) is 4.15. The van der Waals surface area contributed by atoms with Gasteiger partial charge in [0.1, 0.15) is 5.82 Å². The summed E-state index contributed by atoms with van der Waals surface area (Å²) >= 11 is 0. The number of aromatic nitrogens is 3. The first-order valence-corrected chi connectivity index (χ1v) is 12.0. The standard InChI is InChI=1S/C25H38N6/c1-20-26-24(30(3)23-10-5-4-6-11-23)28-25(27-20)31-18-14-22(15-19-31)9-7-8-21-12-16-29(2)17-13-21/h4-6,10-11,21-22H,7-9,12-19H2,1-3H3. The number of nitrogens with zero attached hydrogens (tertiary/aromatic N) is 6. The maximum absolute atomic E-state index is 4.81. The van der Waals surface area contributed by atoms with E-state index in [0.29, 0.717) is 5.95 Å². The van der Waals surface area contributed by atoms with Gasteiger partial charge >= 0.3 is 0 Å². The van der Waals surface area contributed by atoms with E-state index in [0.717, 1.165) is 42.4 Å². The quantitative estimate of drug-likeness (QED) is 0.646. The average molecular weight is 423 g/mol. The molecule has 0 N–H and O–H groups in total. The van der Waals surface area contributed by atoms with Gasteiger partial charge in [-0.3, -0.25) is 0 Å². The Morgan fingerprint density at radius 3 is 2.13 bits per heavy atom. The number of hydrogen-bond donors (Lipinski definition) is 0. The van der Waals surface area contributed by atoms with Gasteiger partial charge in [-0.25, -0.2) is 0 Å². The maximum atomic E-state index is 4.81. The molecule has 2 aromatic rings. The number of benzene rings is 1. The zero-order valence-corrected chi connectivity index (χ0v) is 19.5. The molecule has 2 aliphatic heterocycles. The molecule has 0 radical (unpaired) electrons. The zero-order chi connectivity index (χ0) is 21.6. The van der Waals surface area contributed by atoms with Crippen LogP contribution in [0.1, 0.15) is 50.8 Å². The summed E-state index contributed by atoms with van der Waals surface area (Å²) in [4.78, 5) is 20.9. The van der Waals surface area contributed by atoms with Crippen LogP contribution in [0.25, 0.3) is 0 Å². The lowest BCUT2D eigenvalue weighted by Crippen LogP contribution is -2.35. The predicted molar refractivity (Wildman–Crippen MR) is 128 cm³/mol. The van der Waals surface area contributed by atoms with Crippen molar-refractivity contribution in [3.8, 4) is 0 Å². The van der Waals surface area contributed by atoms with Gasteiger partial charge in [0, 0.05) is 25.8 Å². The number of piperidine rings is 2. The Balaban J connectivity index is 1.28. The van der Waals surface area contributed by atoms with Crippen LogP contribution in [0.5, 0.6) is 0 Å². The number of likely N-dealkylation sites (tertiary alicyclic amines) is 1. The molecule has 0 saturated carbocycles. The van der Waals surface area contributed by atoms with E-state index in [9.17, 15) is 0 Å². The van der Waals surface area contributed by atoms with E-state index < -0.39 is 0 Å². The van der Waals surface area contributed by atoms with Crippen molar-refractivity contribution in [1.82, 2.24) is 19.9 Å². The molecule has 3 heterocycles. The van der Waals surface area contributed by atoms with E-state index in [-0.39, 0.29) is 0 Å². The second-order valence-corrected chi connectivity index (χ2v) is 9.49. The lowest BCUT2D eigenvalue weighted by atomic mass is 9.87. The Morgan fingerprint density at radius 1 is 0.871 bits per heavy atom. The maximum Gasteiger partial charge on any atom is 0.234 e. The Hall–Kier alpha value is -2.21. The van der Waals surface area contributed by atoms with Crippen LogP contribution in [0.2, 0.25) is 0 Å². The van der Waals surface area contributed by atoms with Crippen LogP contribution < -0.4 is 9.80 Å². The number of anilines is 3. The molecule has 168 valence electrons. The van der Waals surface area contributed by atoms with Crippen molar-refractivity contribution in [2.24, 2.45) is 11.8 Å². The normalized spacial score (nSPS) is 19.0. The number of hydrogen-bond acceptors (Lipinski definition) is 6. The fourth-order valence-corrected chi connectivity index (χ4v) is 4.98. The third kappa shape index (κ3) is 5.94. The first kappa shape index (κ1) is 22.0. The van der Waals surface area contributed by atoms with Crippen LogP contribution in [0.15, 0.2) is 30.3 Å². The minimum Gasteiger partial charge on any atom is -0.341 e. The molecular formula is C25H38N6. The molecule has 0 aliphatic carbocycles. The largest absolute Gasteiger partial charge is 0.341 e. The highest BCUT2D eigenvalue weighted by Gasteiger charge is 2.23. The topological polar surface area (TPSA) is 48.4 Å². The van der Waals surface area contributed by atoms with Crippen molar-refractivity contribution in [3.63, 3.8) is 0 Å². The van der Waals surface area contributed by atoms with Crippen LogP contribution in [0, 0.1) is 18.8 Å². The average Bonchev–Trinajstić information content (AvgIpc) is 2.80. The molecule has 0 unspecified atom stereocenters. The molecule has 2 fully saturated rings. The Bertz CT molecular complexity index is 810. The highest BCUT2D eigenvalue weighted by atomic mass is 15.3. The molecule has 2 aliphatic rings. The molecule has 6 heteroatoms. The summed E-state index contributed by atoms with van der Waals surface area (Å²) in [5.41, 5.74) is 1.09. The lowest BCUT2D eigenvalue weighted by Gasteiger charge is -2.33. The fourth-order valence-electron chi connectivity index (χ4n) is 4.98. The van der Waals surface area contributed by atoms with Crippen LogP contribution in [-0.4, -0.2) is 60.1 Å². The molecule has 0 spiro atoms. The Labute approximate surface area is 187 Å². The van der Waals surface area contributed by atoms with Crippen LogP contribution in [0.3, 0.4) is 0 Å². The minimum atomic E-state index is 0.717. The fraction of sp³-hybridized carbons (Fsp3) is 0.640. The summed E-state index contributed by atoms with van der Waals surface area (Å²) in [6, 6.07) is 10.3. The van der Waals surface area contributed by atoms with E-state index >= 15 is 0 Å². The second-order valence-electron chi connectivity index (χ2n) is 9.49. The van der Waals surface area contributed by atoms with Crippen molar-refractivity contribution < 1.29 is 0 Å². The molecule has 4 rings (SSSR count). The van der Waals surface area contributed by atoms with Crippen LogP contribution in [0.4, 0.5) is 17.6 Å². The van der Waals surface area contributed by atoms with Gasteiger partial charge in [0.25, 0.3) is 0 Å². The smallest absolute Gasteiger partial charge is 0.234 e. The summed E-state index contributed by atoms with van der Waals surface area (Å²) < 4.78 is 0. The van der Waals surface area contributed by atoms with E-state index in [1.54, 1.807) is 0 Å². The monoisotopic (exact) mass is 422 g/mol. The van der Waals surface area contributed by atoms with Crippen molar-refractivity contribution in [3.05, 3.63) is 36.2 Å². The first-order valence-electron chi connectivity index (χ1n) is 12.0. The first-order chi connectivity index (χ1) is 15.1. The molecule has 2 saturated heterocycles. The third-order valence-corrected chi connectivity index (χ3v) is 7.13. The van der Waals surface area contributed by atoms with Gasteiger partial charge in [0.05, 0.1) is 0 Å². The molecule has 1 aromatic heterocycles. The molecule has 6 nitrogen and oxygen atoms in total. The predicted octanol–water partition coefficient (Wildman–Crippen LogP) is 4.68. The van der Waals surface area contributed by atoms with Crippen molar-refractivity contribution >= 4 is 17.6 Å². The summed E-state index contributed by atoms with van der Waals surface area (Å²) in [6.07, 6.45) is 9.51. The van der Waals surface area contributed by atoms with Gasteiger partial charge in [-0.05, 0) is 76.7 Å². The zero-order valence-electron chi connectivity index (χ0n) is 19.5. The molecule has 0 atom stereocenters. The molecule has 31 heavy (non-hydrogen) atoms. The molecule has 1 aromatic carbocycles. The van der Waals surface area contributed by atoms with Gasteiger partial charge in [-0.2, -0.15) is 15.0 Å². The SMILES string of the molecule is Cc1nc(N2CCC(CCCC3CCN(C)CC3)CC2)nc(N(C)c2ccccc2)n1. The molecule has 0 amide bonds. The van der Waals surface area contributed by atoms with Gasteiger partial charge in [-0.15, -0.1) is 0 Å². The third-order valence-electron chi connectivity index (χ3n) is 7.13. The van der Waals surface area contributed by atoms with E-state index in [4.69, 9.17) is 4.98 Å². The highest BCUT2D eigenvalue weighted by molar-refractivity contribution is 5.56. The van der Waals surface area contributed by atoms with Crippen LogP contribution in [-0.2, 0) is 0 Å². The lowest BCUT2D eigenvalue weighted by molar-refractivity contribution is 0.206. The van der Waals surface area contributed by atoms with Crippen LogP contribution >= 0.6 is 0 Å². The van der Waals surface area contributed by atoms with Crippen molar-refractivity contribution in [2.75, 3.05) is 50.1 Å². The number of aryl methyl sites for hydroxylation is 1. The van der Waals surface area contributed by atoms with Crippen molar-refractivity contribution in [2.45, 2.75) is 51.9 Å². The van der Waals surface area contributed by atoms with Gasteiger partial charge in [-0.1, -0.05) is 37.5 Å². The summed E-state index contributed by atoms with van der Waals surface area (Å²) in [6.45, 7) is 6.64. The number of rotatable bonds is 7. The Morgan fingerprint density at radius 2 is 1.48 bits per heavy atom. The Kier molecular flexibility index (Phi) is 7.38. The minimum absolute atomic E-state index is 0.717. The van der Waals surface area contributed by atoms with Gasteiger partial charge in [0.2, 0.25) is 11.9 Å².